The van der Waals surface area contributed by atoms with E-state index in [1.807, 2.05) is 0 Å². The topological polar surface area (TPSA) is 43.1 Å². The molecule has 0 amide bonds. The maximum Gasteiger partial charge on any atom is 0.149 e. The van der Waals surface area contributed by atoms with Gasteiger partial charge in [-0.3, -0.25) is 4.79 Å². The smallest absolute Gasteiger partial charge is 0.149 e. The lowest BCUT2D eigenvalue weighted by Gasteiger charge is -2.60. The van der Waals surface area contributed by atoms with E-state index in [1.54, 1.807) is 0 Å². The Bertz CT molecular complexity index is 488. The predicted octanol–water partition coefficient (Wildman–Crippen LogP) is 4.56. The lowest BCUT2D eigenvalue weighted by molar-refractivity contribution is -0.133. The highest BCUT2D eigenvalue weighted by atomic mass is 16.1. The third kappa shape index (κ3) is 2.34. The van der Waals surface area contributed by atoms with Crippen LogP contribution in [0.5, 0.6) is 0 Å². The maximum atomic E-state index is 12.1. The van der Waals surface area contributed by atoms with Gasteiger partial charge < -0.3 is 5.73 Å². The predicted molar refractivity (Wildman–Crippen MR) is 93.9 cm³/mol. The highest BCUT2D eigenvalue weighted by Crippen LogP contribution is 2.66. The van der Waals surface area contributed by atoms with Gasteiger partial charge in [-0.05, 0) is 92.3 Å². The van der Waals surface area contributed by atoms with Crippen LogP contribution in [0.15, 0.2) is 0 Å². The van der Waals surface area contributed by atoms with E-state index in [0.717, 1.165) is 36.5 Å². The van der Waals surface area contributed by atoms with Crippen LogP contribution in [0.4, 0.5) is 0 Å². The second-order valence-electron chi connectivity index (χ2n) is 9.88. The summed E-state index contributed by atoms with van der Waals surface area (Å²) in [5.41, 5.74) is 6.81. The van der Waals surface area contributed by atoms with Crippen LogP contribution in [-0.2, 0) is 4.79 Å². The Hall–Kier alpha value is -0.370. The first-order valence-electron chi connectivity index (χ1n) is 10.2. The van der Waals surface area contributed by atoms with Crippen LogP contribution in [0.1, 0.15) is 78.1 Å². The van der Waals surface area contributed by atoms with Crippen LogP contribution < -0.4 is 5.73 Å². The molecule has 2 nitrogen and oxygen atoms in total. The summed E-state index contributed by atoms with van der Waals surface area (Å²) in [6.45, 7) is 5.43. The third-order valence-electron chi connectivity index (χ3n) is 9.10. The minimum Gasteiger partial charge on any atom is -0.324 e. The quantitative estimate of drug-likeness (QED) is 0.811. The second kappa shape index (κ2) is 5.58. The molecule has 0 bridgehead atoms. The molecule has 0 aliphatic heterocycles. The van der Waals surface area contributed by atoms with Crippen molar-refractivity contribution in [3.63, 3.8) is 0 Å². The van der Waals surface area contributed by atoms with Crippen LogP contribution in [0.3, 0.4) is 0 Å². The Morgan fingerprint density at radius 2 is 1.83 bits per heavy atom. The second-order valence-corrected chi connectivity index (χ2v) is 9.88. The van der Waals surface area contributed by atoms with Gasteiger partial charge in [-0.2, -0.15) is 0 Å². The molecular weight excluding hydrogens is 282 g/mol. The molecule has 7 atom stereocenters. The normalized spacial score (nSPS) is 52.4. The zero-order chi connectivity index (χ0) is 16.2. The van der Waals surface area contributed by atoms with Crippen LogP contribution in [0, 0.1) is 40.4 Å². The summed E-state index contributed by atoms with van der Waals surface area (Å²) in [7, 11) is 0. The van der Waals surface area contributed by atoms with E-state index in [0.29, 0.717) is 16.6 Å². The van der Waals surface area contributed by atoms with Crippen LogP contribution in [-0.4, -0.2) is 12.3 Å². The Morgan fingerprint density at radius 1 is 1.00 bits per heavy atom. The van der Waals surface area contributed by atoms with Gasteiger partial charge >= 0.3 is 0 Å². The maximum absolute atomic E-state index is 12.1. The molecule has 0 spiro atoms. The minimum absolute atomic E-state index is 0.251. The van der Waals surface area contributed by atoms with Gasteiger partial charge in [-0.15, -0.1) is 0 Å². The highest BCUT2D eigenvalue weighted by molar-refractivity contribution is 5.82. The molecule has 4 rings (SSSR count). The monoisotopic (exact) mass is 317 g/mol. The number of hydrogen-bond acceptors (Lipinski definition) is 2. The van der Waals surface area contributed by atoms with Crippen molar-refractivity contribution in [1.82, 2.24) is 0 Å². The molecule has 0 heterocycles. The first-order valence-corrected chi connectivity index (χ1v) is 10.2. The summed E-state index contributed by atoms with van der Waals surface area (Å²) >= 11 is 0. The third-order valence-corrected chi connectivity index (χ3v) is 9.10. The van der Waals surface area contributed by atoms with Gasteiger partial charge in [0.05, 0.1) is 6.54 Å². The van der Waals surface area contributed by atoms with E-state index in [2.05, 4.69) is 13.8 Å². The van der Waals surface area contributed by atoms with Gasteiger partial charge in [0.25, 0.3) is 0 Å². The zero-order valence-corrected chi connectivity index (χ0v) is 15.2. The molecule has 2 N–H and O–H groups in total. The number of fused-ring (bicyclic) bond motifs is 5. The fourth-order valence-corrected chi connectivity index (χ4v) is 7.71. The van der Waals surface area contributed by atoms with Crippen molar-refractivity contribution < 1.29 is 4.79 Å². The zero-order valence-electron chi connectivity index (χ0n) is 15.2. The SMILES string of the molecule is C[C@@]12CCC[C@H]1[C@@H]1CCC3C[C@@H](C(=O)CN)CC[C@]3(C)[C@H]1CC2. The van der Waals surface area contributed by atoms with Gasteiger partial charge in [0.15, 0.2) is 0 Å². The standard InChI is InChI=1S/C21H35NO/c1-20-9-3-4-17(20)16-6-5-15-12-14(19(23)13-22)7-11-21(15,2)18(16)8-10-20/h14-18H,3-13,22H2,1-2H3/t14-,15?,16-,17-,18-,20-,21-/m0/s1. The molecule has 130 valence electrons. The summed E-state index contributed by atoms with van der Waals surface area (Å²) in [5, 5.41) is 0. The van der Waals surface area contributed by atoms with Crippen molar-refractivity contribution in [2.75, 3.05) is 6.54 Å². The molecular formula is C21H35NO. The molecule has 0 aromatic heterocycles. The summed E-state index contributed by atoms with van der Waals surface area (Å²) in [4.78, 5) is 12.1. The first kappa shape index (κ1) is 16.1. The number of carbonyl (C=O) groups excluding carboxylic acids is 1. The number of hydrogen-bond donors (Lipinski definition) is 1. The van der Waals surface area contributed by atoms with Crippen LogP contribution in [0.2, 0.25) is 0 Å². The molecule has 2 heteroatoms. The average molecular weight is 318 g/mol. The lowest BCUT2D eigenvalue weighted by atomic mass is 9.44. The number of Topliss-reactive ketones (excluding diaryl/α,β-unsaturated/α-hetero) is 1. The lowest BCUT2D eigenvalue weighted by Crippen LogP contribution is -2.53. The molecule has 4 saturated carbocycles. The van der Waals surface area contributed by atoms with Gasteiger partial charge in [0.1, 0.15) is 5.78 Å². The molecule has 0 saturated heterocycles. The van der Waals surface area contributed by atoms with E-state index in [9.17, 15) is 4.79 Å². The molecule has 4 fully saturated rings. The van der Waals surface area contributed by atoms with E-state index >= 15 is 0 Å². The Kier molecular flexibility index (Phi) is 3.91. The summed E-state index contributed by atoms with van der Waals surface area (Å²) in [6, 6.07) is 0. The molecule has 1 unspecified atom stereocenters. The van der Waals surface area contributed by atoms with Gasteiger partial charge in [-0.1, -0.05) is 20.3 Å². The van der Waals surface area contributed by atoms with Crippen LogP contribution in [0.25, 0.3) is 0 Å². The van der Waals surface area contributed by atoms with E-state index in [-0.39, 0.29) is 12.5 Å². The molecule has 0 radical (unpaired) electrons. The summed E-state index contributed by atoms with van der Waals surface area (Å²) < 4.78 is 0. The molecule has 0 aromatic rings. The van der Waals surface area contributed by atoms with E-state index in [1.165, 1.54) is 51.4 Å². The van der Waals surface area contributed by atoms with E-state index in [4.69, 9.17) is 5.73 Å². The molecule has 4 aliphatic rings. The van der Waals surface area contributed by atoms with Gasteiger partial charge in [-0.25, -0.2) is 0 Å². The minimum atomic E-state index is 0.251. The molecule has 0 aromatic carbocycles. The van der Waals surface area contributed by atoms with Crippen molar-refractivity contribution in [2.24, 2.45) is 46.2 Å². The van der Waals surface area contributed by atoms with Crippen molar-refractivity contribution >= 4 is 5.78 Å². The van der Waals surface area contributed by atoms with Crippen molar-refractivity contribution in [3.05, 3.63) is 0 Å². The van der Waals surface area contributed by atoms with Crippen LogP contribution >= 0.6 is 0 Å². The fraction of sp³-hybridized carbons (Fsp3) is 0.952. The fourth-order valence-electron chi connectivity index (χ4n) is 7.71. The Morgan fingerprint density at radius 3 is 2.61 bits per heavy atom. The highest BCUT2D eigenvalue weighted by Gasteiger charge is 2.58. The van der Waals surface area contributed by atoms with Gasteiger partial charge in [0, 0.05) is 5.92 Å². The van der Waals surface area contributed by atoms with Crippen molar-refractivity contribution in [3.8, 4) is 0 Å². The number of carbonyl (C=O) groups is 1. The van der Waals surface area contributed by atoms with Crippen molar-refractivity contribution in [1.29, 1.82) is 0 Å². The summed E-state index contributed by atoms with van der Waals surface area (Å²) in [6.07, 6.45) is 13.7. The molecule has 4 aliphatic carbocycles. The molecule has 23 heavy (non-hydrogen) atoms. The van der Waals surface area contributed by atoms with Crippen molar-refractivity contribution in [2.45, 2.75) is 78.1 Å². The number of nitrogens with two attached hydrogens (primary N) is 1. The van der Waals surface area contributed by atoms with E-state index < -0.39 is 0 Å². The average Bonchev–Trinajstić information content (AvgIpc) is 2.95. The number of ketones is 1. The summed E-state index contributed by atoms with van der Waals surface area (Å²) in [5.74, 6) is 4.30. The van der Waals surface area contributed by atoms with Gasteiger partial charge in [0.2, 0.25) is 0 Å². The largest absolute Gasteiger partial charge is 0.324 e. The number of rotatable bonds is 2. The first-order chi connectivity index (χ1) is 11.0. The Labute approximate surface area is 142 Å². The Balaban J connectivity index is 1.55.